The van der Waals surface area contributed by atoms with E-state index in [1.165, 1.54) is 10.9 Å². The summed E-state index contributed by atoms with van der Waals surface area (Å²) in [6, 6.07) is 3.99. The Morgan fingerprint density at radius 1 is 1.14 bits per heavy atom. The second-order valence-corrected chi connectivity index (χ2v) is 7.90. The normalized spacial score (nSPS) is 10.9. The summed E-state index contributed by atoms with van der Waals surface area (Å²) in [6.07, 6.45) is 1.43. The molecule has 28 heavy (non-hydrogen) atoms. The molecule has 0 aliphatic rings. The maximum absolute atomic E-state index is 12.5. The molecule has 0 aliphatic heterocycles. The molecule has 0 saturated heterocycles. The van der Waals surface area contributed by atoms with E-state index in [-0.39, 0.29) is 18.0 Å². The average molecular weight is 398 g/mol. The number of hydrogen-bond acceptors (Lipinski definition) is 5. The minimum Gasteiger partial charge on any atom is -0.342 e. The number of nitrogens with zero attached hydrogens (tertiary/aromatic N) is 2. The highest BCUT2D eigenvalue weighted by molar-refractivity contribution is 7.20. The fourth-order valence-electron chi connectivity index (χ4n) is 3.23. The average Bonchev–Trinajstić information content (AvgIpc) is 2.96. The Labute approximate surface area is 166 Å². The van der Waals surface area contributed by atoms with E-state index in [1.54, 1.807) is 14.0 Å². The Morgan fingerprint density at radius 3 is 2.43 bits per heavy atom. The van der Waals surface area contributed by atoms with Crippen LogP contribution in [0.1, 0.15) is 31.9 Å². The first-order valence-corrected chi connectivity index (χ1v) is 9.61. The standard InChI is InChI=1S/C20H22N4O3S/c1-10-6-11(2)16(12(3)7-10)23-14(25)8-21-18(26)17-13(4)15-19(28-17)22-9-24(5)20(15)27/h6-7,9H,8H2,1-5H3,(H,21,26)(H,23,25). The molecule has 2 aromatic heterocycles. The van der Waals surface area contributed by atoms with Gasteiger partial charge in [0.15, 0.2) is 0 Å². The van der Waals surface area contributed by atoms with Crippen LogP contribution in [0.25, 0.3) is 10.2 Å². The van der Waals surface area contributed by atoms with Crippen LogP contribution >= 0.6 is 11.3 Å². The summed E-state index contributed by atoms with van der Waals surface area (Å²) in [4.78, 5) is 42.2. The van der Waals surface area contributed by atoms with Crippen LogP contribution in [0.2, 0.25) is 0 Å². The molecule has 2 heterocycles. The number of thiophene rings is 1. The molecule has 2 amide bonds. The van der Waals surface area contributed by atoms with Gasteiger partial charge in [-0.2, -0.15) is 0 Å². The first-order valence-electron chi connectivity index (χ1n) is 8.79. The number of benzene rings is 1. The number of fused-ring (bicyclic) bond motifs is 1. The third kappa shape index (κ3) is 3.68. The SMILES string of the molecule is Cc1cc(C)c(NC(=O)CNC(=O)c2sc3ncn(C)c(=O)c3c2C)c(C)c1. The predicted molar refractivity (Wildman–Crippen MR) is 111 cm³/mol. The zero-order valence-corrected chi connectivity index (χ0v) is 17.3. The van der Waals surface area contributed by atoms with Crippen molar-refractivity contribution in [2.45, 2.75) is 27.7 Å². The predicted octanol–water partition coefficient (Wildman–Crippen LogP) is 2.60. The highest BCUT2D eigenvalue weighted by atomic mass is 32.1. The number of hydrogen-bond donors (Lipinski definition) is 2. The first kappa shape index (κ1) is 19.8. The van der Waals surface area contributed by atoms with Crippen LogP contribution in [0, 0.1) is 27.7 Å². The molecule has 0 spiro atoms. The fourth-order valence-corrected chi connectivity index (χ4v) is 4.28. The lowest BCUT2D eigenvalue weighted by molar-refractivity contribution is -0.115. The second kappa shape index (κ2) is 7.55. The molecule has 7 nitrogen and oxygen atoms in total. The lowest BCUT2D eigenvalue weighted by Gasteiger charge is -2.13. The van der Waals surface area contributed by atoms with Gasteiger partial charge in [-0.05, 0) is 44.4 Å². The van der Waals surface area contributed by atoms with Crippen molar-refractivity contribution in [3.63, 3.8) is 0 Å². The number of aromatic nitrogens is 2. The molecule has 3 aromatic rings. The van der Waals surface area contributed by atoms with Crippen molar-refractivity contribution >= 4 is 39.1 Å². The van der Waals surface area contributed by atoms with Gasteiger partial charge in [-0.15, -0.1) is 11.3 Å². The number of aryl methyl sites for hydroxylation is 5. The van der Waals surface area contributed by atoms with Crippen molar-refractivity contribution in [1.82, 2.24) is 14.9 Å². The summed E-state index contributed by atoms with van der Waals surface area (Å²) in [7, 11) is 1.62. The molecule has 0 bridgehead atoms. The van der Waals surface area contributed by atoms with Gasteiger partial charge in [0.2, 0.25) is 5.91 Å². The molecule has 146 valence electrons. The first-order chi connectivity index (χ1) is 13.2. The van der Waals surface area contributed by atoms with Crippen LogP contribution in [0.15, 0.2) is 23.3 Å². The number of amides is 2. The molecule has 2 N–H and O–H groups in total. The van der Waals surface area contributed by atoms with E-state index in [4.69, 9.17) is 0 Å². The van der Waals surface area contributed by atoms with Crippen LogP contribution in [-0.2, 0) is 11.8 Å². The van der Waals surface area contributed by atoms with Gasteiger partial charge in [0, 0.05) is 12.7 Å². The number of anilines is 1. The number of carbonyl (C=O) groups excluding carboxylic acids is 2. The summed E-state index contributed by atoms with van der Waals surface area (Å²) in [5, 5.41) is 5.92. The number of nitrogens with one attached hydrogen (secondary N) is 2. The van der Waals surface area contributed by atoms with E-state index < -0.39 is 5.91 Å². The summed E-state index contributed by atoms with van der Waals surface area (Å²) in [5.74, 6) is -0.703. The highest BCUT2D eigenvalue weighted by Crippen LogP contribution is 2.26. The Hall–Kier alpha value is -3.00. The molecule has 0 aliphatic carbocycles. The second-order valence-electron chi connectivity index (χ2n) is 6.90. The van der Waals surface area contributed by atoms with E-state index in [9.17, 15) is 14.4 Å². The Balaban J connectivity index is 1.73. The molecule has 0 radical (unpaired) electrons. The lowest BCUT2D eigenvalue weighted by atomic mass is 10.1. The molecule has 0 fully saturated rings. The van der Waals surface area contributed by atoms with E-state index >= 15 is 0 Å². The molecule has 3 rings (SSSR count). The van der Waals surface area contributed by atoms with Crippen molar-refractivity contribution in [3.8, 4) is 0 Å². The Kier molecular flexibility index (Phi) is 5.33. The van der Waals surface area contributed by atoms with Crippen LogP contribution in [0.4, 0.5) is 5.69 Å². The molecule has 8 heteroatoms. The zero-order chi connectivity index (χ0) is 20.6. The van der Waals surface area contributed by atoms with Gasteiger partial charge in [-0.3, -0.25) is 14.4 Å². The molecule has 0 unspecified atom stereocenters. The summed E-state index contributed by atoms with van der Waals surface area (Å²) >= 11 is 1.15. The van der Waals surface area contributed by atoms with Crippen molar-refractivity contribution in [1.29, 1.82) is 0 Å². The summed E-state index contributed by atoms with van der Waals surface area (Å²) < 4.78 is 1.38. The largest absolute Gasteiger partial charge is 0.342 e. The van der Waals surface area contributed by atoms with Crippen molar-refractivity contribution < 1.29 is 9.59 Å². The van der Waals surface area contributed by atoms with Gasteiger partial charge in [-0.1, -0.05) is 17.7 Å². The van der Waals surface area contributed by atoms with E-state index in [0.29, 0.717) is 20.7 Å². The van der Waals surface area contributed by atoms with Crippen LogP contribution < -0.4 is 16.2 Å². The highest BCUT2D eigenvalue weighted by Gasteiger charge is 2.19. The fraction of sp³-hybridized carbons (Fsp3) is 0.300. The lowest BCUT2D eigenvalue weighted by Crippen LogP contribution is -2.33. The zero-order valence-electron chi connectivity index (χ0n) is 16.5. The maximum Gasteiger partial charge on any atom is 0.262 e. The van der Waals surface area contributed by atoms with Crippen molar-refractivity contribution in [2.75, 3.05) is 11.9 Å². The smallest absolute Gasteiger partial charge is 0.262 e. The Morgan fingerprint density at radius 2 is 1.79 bits per heavy atom. The molecule has 1 aromatic carbocycles. The summed E-state index contributed by atoms with van der Waals surface area (Å²) in [6.45, 7) is 7.42. The van der Waals surface area contributed by atoms with Gasteiger partial charge in [0.1, 0.15) is 4.83 Å². The van der Waals surface area contributed by atoms with E-state index in [2.05, 4.69) is 15.6 Å². The maximum atomic E-state index is 12.5. The van der Waals surface area contributed by atoms with Gasteiger partial charge in [0.05, 0.1) is 23.1 Å². The van der Waals surface area contributed by atoms with Crippen molar-refractivity contribution in [2.24, 2.45) is 7.05 Å². The molecule has 0 saturated carbocycles. The monoisotopic (exact) mass is 398 g/mol. The van der Waals surface area contributed by atoms with Crippen molar-refractivity contribution in [3.05, 3.63) is 55.9 Å². The topological polar surface area (TPSA) is 93.1 Å². The van der Waals surface area contributed by atoms with Gasteiger partial charge in [0.25, 0.3) is 11.5 Å². The Bertz CT molecular complexity index is 1140. The third-order valence-electron chi connectivity index (χ3n) is 4.57. The minimum absolute atomic E-state index is 0.162. The molecular formula is C20H22N4O3S. The number of rotatable bonds is 4. The van der Waals surface area contributed by atoms with Crippen LogP contribution in [-0.4, -0.2) is 27.9 Å². The quantitative estimate of drug-likeness (QED) is 0.706. The van der Waals surface area contributed by atoms with Gasteiger partial charge in [-0.25, -0.2) is 4.98 Å². The van der Waals surface area contributed by atoms with Crippen LogP contribution in [0.3, 0.4) is 0 Å². The minimum atomic E-state index is -0.393. The summed E-state index contributed by atoms with van der Waals surface area (Å²) in [5.41, 5.74) is 4.22. The molecule has 0 atom stereocenters. The van der Waals surface area contributed by atoms with Gasteiger partial charge < -0.3 is 15.2 Å². The van der Waals surface area contributed by atoms with E-state index in [1.807, 2.05) is 32.9 Å². The number of carbonyl (C=O) groups is 2. The van der Waals surface area contributed by atoms with E-state index in [0.717, 1.165) is 33.7 Å². The molecular weight excluding hydrogens is 376 g/mol. The van der Waals surface area contributed by atoms with Crippen LogP contribution in [0.5, 0.6) is 0 Å². The van der Waals surface area contributed by atoms with Gasteiger partial charge >= 0.3 is 0 Å². The third-order valence-corrected chi connectivity index (χ3v) is 5.77.